The Morgan fingerprint density at radius 3 is 2.18 bits per heavy atom. The summed E-state index contributed by atoms with van der Waals surface area (Å²) in [4.78, 5) is 9.95. The third-order valence-corrected chi connectivity index (χ3v) is 2.12. The Bertz CT molecular complexity index is 317. The molecule has 0 aliphatic heterocycles. The fourth-order valence-electron chi connectivity index (χ4n) is 0.719. The van der Waals surface area contributed by atoms with Crippen LogP contribution in [0.3, 0.4) is 0 Å². The lowest BCUT2D eigenvalue weighted by atomic mass is 10.1. The molecule has 0 aliphatic carbocycles. The second-order valence-corrected chi connectivity index (χ2v) is 4.38. The van der Waals surface area contributed by atoms with Crippen molar-refractivity contribution in [3.05, 3.63) is 35.9 Å². The van der Waals surface area contributed by atoms with Crippen LogP contribution in [-0.2, 0) is 11.3 Å². The summed E-state index contributed by atoms with van der Waals surface area (Å²) in [5.74, 6) is 0. The van der Waals surface area contributed by atoms with Gasteiger partial charge in [0, 0.05) is 5.54 Å². The van der Waals surface area contributed by atoms with Gasteiger partial charge in [0.25, 0.3) is 0 Å². The minimum Gasteiger partial charge on any atom is -0.450 e. The molecular formula is C13H21NO3. The van der Waals surface area contributed by atoms with Gasteiger partial charge in [-0.05, 0) is 25.8 Å². The van der Waals surface area contributed by atoms with Crippen LogP contribution in [0.25, 0.3) is 0 Å². The molecule has 0 aromatic heterocycles. The van der Waals surface area contributed by atoms with Gasteiger partial charge in [-0.25, -0.2) is 4.79 Å². The number of benzene rings is 1. The zero-order valence-corrected chi connectivity index (χ0v) is 10.6. The smallest absolute Gasteiger partial charge is 0.450 e. The van der Waals surface area contributed by atoms with Gasteiger partial charge in [-0.2, -0.15) is 0 Å². The van der Waals surface area contributed by atoms with Crippen molar-refractivity contribution in [2.75, 3.05) is 0 Å². The van der Waals surface area contributed by atoms with E-state index in [0.29, 0.717) is 0 Å². The van der Waals surface area contributed by atoms with Gasteiger partial charge < -0.3 is 15.6 Å². The molecule has 4 nitrogen and oxygen atoms in total. The van der Waals surface area contributed by atoms with E-state index >= 15 is 0 Å². The predicted molar refractivity (Wildman–Crippen MR) is 67.8 cm³/mol. The predicted octanol–water partition coefficient (Wildman–Crippen LogP) is 3.01. The maximum Gasteiger partial charge on any atom is 0.506 e. The van der Waals surface area contributed by atoms with E-state index < -0.39 is 6.16 Å². The third-order valence-electron chi connectivity index (χ3n) is 2.12. The summed E-state index contributed by atoms with van der Waals surface area (Å²) in [6.07, 6.45) is -0.193. The van der Waals surface area contributed by atoms with Crippen LogP contribution in [0.4, 0.5) is 4.79 Å². The van der Waals surface area contributed by atoms with Crippen LogP contribution < -0.4 is 5.73 Å². The molecule has 0 saturated carbocycles. The number of hydrogen-bond acceptors (Lipinski definition) is 3. The van der Waals surface area contributed by atoms with Crippen molar-refractivity contribution >= 4 is 6.16 Å². The number of hydrogen-bond donors (Lipinski definition) is 2. The second-order valence-electron chi connectivity index (χ2n) is 4.38. The highest BCUT2D eigenvalue weighted by Gasteiger charge is 2.03. The Morgan fingerprint density at radius 2 is 1.82 bits per heavy atom. The van der Waals surface area contributed by atoms with Gasteiger partial charge in [-0.3, -0.25) is 0 Å². The van der Waals surface area contributed by atoms with E-state index in [4.69, 9.17) is 10.8 Å². The number of ether oxygens (including phenoxy) is 1. The molecule has 0 amide bonds. The molecule has 1 aromatic carbocycles. The molecule has 0 heterocycles. The largest absolute Gasteiger partial charge is 0.506 e. The summed E-state index contributed by atoms with van der Waals surface area (Å²) in [5.41, 5.74) is 6.43. The zero-order valence-electron chi connectivity index (χ0n) is 10.6. The van der Waals surface area contributed by atoms with Crippen molar-refractivity contribution in [3.63, 3.8) is 0 Å². The SMILES string of the molecule is CCC(C)(C)N.O=C(O)OCc1ccccc1. The van der Waals surface area contributed by atoms with Gasteiger partial charge in [0.15, 0.2) is 0 Å². The average molecular weight is 239 g/mol. The quantitative estimate of drug-likeness (QED) is 0.795. The van der Waals surface area contributed by atoms with Crippen LogP contribution in [0, 0.1) is 0 Å². The molecule has 0 radical (unpaired) electrons. The lowest BCUT2D eigenvalue weighted by Gasteiger charge is -2.13. The molecule has 17 heavy (non-hydrogen) atoms. The van der Waals surface area contributed by atoms with E-state index in [1.165, 1.54) is 0 Å². The van der Waals surface area contributed by atoms with E-state index in [-0.39, 0.29) is 12.1 Å². The zero-order chi connectivity index (χ0) is 13.3. The minimum absolute atomic E-state index is 0.0417. The first kappa shape index (κ1) is 15.4. The number of carbonyl (C=O) groups is 1. The van der Waals surface area contributed by atoms with Gasteiger partial charge in [-0.15, -0.1) is 0 Å². The topological polar surface area (TPSA) is 72.6 Å². The molecule has 0 spiro atoms. The lowest BCUT2D eigenvalue weighted by Crippen LogP contribution is -2.30. The number of rotatable bonds is 3. The lowest BCUT2D eigenvalue weighted by molar-refractivity contribution is 0.0854. The van der Waals surface area contributed by atoms with Crippen molar-refractivity contribution in [2.24, 2.45) is 5.73 Å². The van der Waals surface area contributed by atoms with Gasteiger partial charge in [0.1, 0.15) is 6.61 Å². The Balaban J connectivity index is 0.000000366. The Morgan fingerprint density at radius 1 is 1.35 bits per heavy atom. The first-order valence-corrected chi connectivity index (χ1v) is 5.53. The normalized spacial score (nSPS) is 10.1. The van der Waals surface area contributed by atoms with Crippen molar-refractivity contribution in [1.82, 2.24) is 0 Å². The van der Waals surface area contributed by atoms with E-state index in [1.54, 1.807) is 0 Å². The van der Waals surface area contributed by atoms with Crippen molar-refractivity contribution in [3.8, 4) is 0 Å². The molecule has 4 heteroatoms. The van der Waals surface area contributed by atoms with Gasteiger partial charge in [0.2, 0.25) is 0 Å². The highest BCUT2D eigenvalue weighted by Crippen LogP contribution is 2.00. The molecule has 0 unspecified atom stereocenters. The first-order chi connectivity index (χ1) is 7.85. The minimum atomic E-state index is -1.24. The average Bonchev–Trinajstić information content (AvgIpc) is 2.28. The Kier molecular flexibility index (Phi) is 6.98. The summed E-state index contributed by atoms with van der Waals surface area (Å²) < 4.78 is 4.34. The molecule has 0 atom stereocenters. The maximum atomic E-state index is 9.95. The van der Waals surface area contributed by atoms with E-state index in [2.05, 4.69) is 11.7 Å². The molecule has 3 N–H and O–H groups in total. The molecule has 1 rings (SSSR count). The molecule has 0 saturated heterocycles. The van der Waals surface area contributed by atoms with E-state index in [1.807, 2.05) is 44.2 Å². The fraction of sp³-hybridized carbons (Fsp3) is 0.462. The fourth-order valence-corrected chi connectivity index (χ4v) is 0.719. The van der Waals surface area contributed by atoms with Crippen molar-refractivity contribution < 1.29 is 14.6 Å². The number of nitrogens with two attached hydrogens (primary N) is 1. The molecule has 1 aromatic rings. The van der Waals surface area contributed by atoms with Gasteiger partial charge >= 0.3 is 6.16 Å². The number of carboxylic acid groups (broad SMARTS) is 1. The summed E-state index contributed by atoms with van der Waals surface area (Å²) in [6, 6.07) is 9.15. The highest BCUT2D eigenvalue weighted by molar-refractivity contribution is 5.56. The Labute approximate surface area is 102 Å². The first-order valence-electron chi connectivity index (χ1n) is 5.53. The van der Waals surface area contributed by atoms with E-state index in [9.17, 15) is 4.79 Å². The molecular weight excluding hydrogens is 218 g/mol. The van der Waals surface area contributed by atoms with Gasteiger partial charge in [0.05, 0.1) is 0 Å². The van der Waals surface area contributed by atoms with Crippen LogP contribution in [0.15, 0.2) is 30.3 Å². The monoisotopic (exact) mass is 239 g/mol. The highest BCUT2D eigenvalue weighted by atomic mass is 16.7. The summed E-state index contributed by atoms with van der Waals surface area (Å²) in [6.45, 7) is 6.25. The second kappa shape index (κ2) is 7.68. The van der Waals surface area contributed by atoms with E-state index in [0.717, 1.165) is 12.0 Å². The summed E-state index contributed by atoms with van der Waals surface area (Å²) >= 11 is 0. The van der Waals surface area contributed by atoms with Gasteiger partial charge in [-0.1, -0.05) is 37.3 Å². The molecule has 0 aliphatic rings. The van der Waals surface area contributed by atoms with Crippen LogP contribution in [0.5, 0.6) is 0 Å². The molecule has 0 fully saturated rings. The standard InChI is InChI=1S/C8H8O3.C5H13N/c9-8(10)11-6-7-4-2-1-3-5-7;1-4-5(2,3)6/h1-5H,6H2,(H,9,10);4,6H2,1-3H3. The molecule has 96 valence electrons. The van der Waals surface area contributed by atoms with Crippen LogP contribution in [0.2, 0.25) is 0 Å². The third kappa shape index (κ3) is 10.7. The summed E-state index contributed by atoms with van der Waals surface area (Å²) in [5, 5.41) is 8.15. The maximum absolute atomic E-state index is 9.95. The van der Waals surface area contributed by atoms with Crippen LogP contribution in [-0.4, -0.2) is 16.8 Å². The Hall–Kier alpha value is -1.55. The summed E-state index contributed by atoms with van der Waals surface area (Å²) in [7, 11) is 0. The van der Waals surface area contributed by atoms with Crippen molar-refractivity contribution in [1.29, 1.82) is 0 Å². The van der Waals surface area contributed by atoms with Crippen LogP contribution >= 0.6 is 0 Å². The van der Waals surface area contributed by atoms with Crippen molar-refractivity contribution in [2.45, 2.75) is 39.3 Å². The van der Waals surface area contributed by atoms with Crippen LogP contribution in [0.1, 0.15) is 32.8 Å². The molecule has 0 bridgehead atoms.